The van der Waals surface area contributed by atoms with E-state index in [1.165, 1.54) is 12.1 Å². The van der Waals surface area contributed by atoms with Gasteiger partial charge in [0.05, 0.1) is 12.6 Å². The summed E-state index contributed by atoms with van der Waals surface area (Å²) in [7, 11) is -0.734. The van der Waals surface area contributed by atoms with Crippen LogP contribution >= 0.6 is 0 Å². The topological polar surface area (TPSA) is 55.3 Å². The Bertz CT molecular complexity index is 1180. The van der Waals surface area contributed by atoms with Crippen LogP contribution in [0.3, 0.4) is 0 Å². The normalized spacial score (nSPS) is 12.5. The molecule has 0 saturated heterocycles. The fourth-order valence-electron chi connectivity index (χ4n) is 4.37. The van der Waals surface area contributed by atoms with Crippen molar-refractivity contribution in [1.29, 1.82) is 0 Å². The van der Waals surface area contributed by atoms with Gasteiger partial charge in [0, 0.05) is 44.9 Å². The minimum Gasteiger partial charge on any atom is -0.450 e. The molecule has 0 spiro atoms. The molecule has 2 aromatic carbocycles. The summed E-state index contributed by atoms with van der Waals surface area (Å²) in [6.07, 6.45) is 2.26. The second-order valence-electron chi connectivity index (χ2n) is 11.2. The Morgan fingerprint density at radius 2 is 1.79 bits per heavy atom. The molecule has 1 atom stereocenters. The fourth-order valence-corrected chi connectivity index (χ4v) is 4.96. The van der Waals surface area contributed by atoms with E-state index in [9.17, 15) is 13.6 Å². The Morgan fingerprint density at radius 3 is 2.47 bits per heavy atom. The van der Waals surface area contributed by atoms with Crippen molar-refractivity contribution in [3.63, 3.8) is 0 Å². The van der Waals surface area contributed by atoms with Gasteiger partial charge < -0.3 is 19.9 Å². The monoisotopic (exact) mass is 541 g/mol. The van der Waals surface area contributed by atoms with E-state index in [1.807, 2.05) is 30.5 Å². The number of carbonyl (C=O) groups excluding carboxylic acids is 1. The van der Waals surface area contributed by atoms with Crippen molar-refractivity contribution < 1.29 is 18.3 Å². The molecule has 1 heterocycles. The van der Waals surface area contributed by atoms with Gasteiger partial charge in [-0.05, 0) is 54.3 Å². The second-order valence-corrected chi connectivity index (χ2v) is 14.6. The number of carbonyl (C=O) groups is 1. The molecule has 0 bridgehead atoms. The molecule has 0 aliphatic heterocycles. The Balaban J connectivity index is 1.77. The number of aromatic nitrogens is 1. The highest BCUT2D eigenvalue weighted by molar-refractivity contribution is 6.55. The number of rotatable bonds is 12. The molecule has 3 aromatic rings. The summed E-state index contributed by atoms with van der Waals surface area (Å²) < 4.78 is 36.1. The molecule has 0 fully saturated rings. The van der Waals surface area contributed by atoms with Crippen LogP contribution in [0.15, 0.2) is 60.8 Å². The summed E-state index contributed by atoms with van der Waals surface area (Å²) in [5, 5.41) is 6.47. The quantitative estimate of drug-likeness (QED) is 0.197. The third kappa shape index (κ3) is 8.81. The fraction of sp³-hybridized carbons (Fsp3) is 0.433. The zero-order chi connectivity index (χ0) is 27.7. The lowest BCUT2D eigenvalue weighted by atomic mass is 9.84. The molecule has 206 valence electrons. The number of alkyl carbamates (subject to hydrolysis) is 1. The summed E-state index contributed by atoms with van der Waals surface area (Å²) in [4.78, 5) is 11.9. The van der Waals surface area contributed by atoms with Crippen molar-refractivity contribution >= 4 is 14.9 Å². The van der Waals surface area contributed by atoms with E-state index in [1.54, 1.807) is 0 Å². The standard InChI is InChI=1S/C30H41F2N3O2Si/c1-30(2,3)28(33-14-9-15-34-29(36)37-16-17-38(4)5)27-18-23(25-19-24(31)12-13-26(25)32)21-35(27)20-22-10-7-6-8-11-22/h6-8,10-13,18-19,21,28,33,38H,9,14-17,20H2,1-5H3,(H,34,36)/t28-/m0/s1. The molecule has 8 heteroatoms. The van der Waals surface area contributed by atoms with E-state index in [0.29, 0.717) is 31.8 Å². The predicted octanol–water partition coefficient (Wildman–Crippen LogP) is 6.76. The van der Waals surface area contributed by atoms with Gasteiger partial charge in [0.25, 0.3) is 0 Å². The summed E-state index contributed by atoms with van der Waals surface area (Å²) in [5.74, 6) is -0.926. The molecule has 5 nitrogen and oxygen atoms in total. The van der Waals surface area contributed by atoms with Gasteiger partial charge in [0.1, 0.15) is 11.6 Å². The maximum atomic E-state index is 14.7. The summed E-state index contributed by atoms with van der Waals surface area (Å²) in [6.45, 7) is 13.2. The maximum absolute atomic E-state index is 14.7. The lowest BCUT2D eigenvalue weighted by molar-refractivity contribution is 0.151. The average Bonchev–Trinajstić information content (AvgIpc) is 3.25. The average molecular weight is 542 g/mol. The number of nitrogens with zero attached hydrogens (tertiary/aromatic N) is 1. The minimum atomic E-state index is -0.734. The van der Waals surface area contributed by atoms with E-state index < -0.39 is 20.4 Å². The SMILES string of the molecule is C[SiH](C)CCOC(=O)NCCCN[C@@H](c1cc(-c2cc(F)ccc2F)cn1Cc1ccccc1)C(C)(C)C. The molecule has 1 amide bonds. The van der Waals surface area contributed by atoms with Crippen molar-refractivity contribution in [1.82, 2.24) is 15.2 Å². The van der Waals surface area contributed by atoms with E-state index in [0.717, 1.165) is 29.8 Å². The molecular weight excluding hydrogens is 500 g/mol. The van der Waals surface area contributed by atoms with Crippen LogP contribution in [-0.4, -0.2) is 39.2 Å². The van der Waals surface area contributed by atoms with Crippen LogP contribution in [-0.2, 0) is 11.3 Å². The van der Waals surface area contributed by atoms with Crippen LogP contribution in [0, 0.1) is 17.0 Å². The molecule has 3 rings (SSSR count). The highest BCUT2D eigenvalue weighted by atomic mass is 28.3. The van der Waals surface area contributed by atoms with Gasteiger partial charge in [-0.1, -0.05) is 64.2 Å². The minimum absolute atomic E-state index is 0.0699. The smallest absolute Gasteiger partial charge is 0.407 e. The van der Waals surface area contributed by atoms with E-state index in [4.69, 9.17) is 4.74 Å². The number of halogens is 2. The first kappa shape index (κ1) is 29.6. The molecular formula is C30H41F2N3O2Si. The van der Waals surface area contributed by atoms with Crippen molar-refractivity contribution in [3.8, 4) is 11.1 Å². The summed E-state index contributed by atoms with van der Waals surface area (Å²) in [5.41, 5.74) is 2.82. The Morgan fingerprint density at radius 1 is 1.05 bits per heavy atom. The number of hydrogen-bond acceptors (Lipinski definition) is 3. The molecule has 2 N–H and O–H groups in total. The molecule has 1 aromatic heterocycles. The van der Waals surface area contributed by atoms with Gasteiger partial charge in [-0.3, -0.25) is 0 Å². The van der Waals surface area contributed by atoms with Crippen molar-refractivity contribution in [2.75, 3.05) is 19.7 Å². The third-order valence-corrected chi connectivity index (χ3v) is 7.82. The maximum Gasteiger partial charge on any atom is 0.407 e. The molecule has 0 aliphatic rings. The van der Waals surface area contributed by atoms with Crippen LogP contribution < -0.4 is 10.6 Å². The Labute approximate surface area is 227 Å². The van der Waals surface area contributed by atoms with Gasteiger partial charge in [-0.15, -0.1) is 0 Å². The van der Waals surface area contributed by atoms with E-state index in [2.05, 4.69) is 61.2 Å². The molecule has 0 unspecified atom stereocenters. The van der Waals surface area contributed by atoms with Gasteiger partial charge in [-0.25, -0.2) is 13.6 Å². The zero-order valence-corrected chi connectivity index (χ0v) is 24.3. The van der Waals surface area contributed by atoms with Gasteiger partial charge >= 0.3 is 6.09 Å². The lowest BCUT2D eigenvalue weighted by Crippen LogP contribution is -2.36. The Kier molecular flexibility index (Phi) is 10.7. The van der Waals surface area contributed by atoms with E-state index >= 15 is 0 Å². The number of benzene rings is 2. The van der Waals surface area contributed by atoms with Crippen molar-refractivity contribution in [2.24, 2.45) is 5.41 Å². The molecule has 38 heavy (non-hydrogen) atoms. The first-order valence-corrected chi connectivity index (χ1v) is 16.5. The lowest BCUT2D eigenvalue weighted by Gasteiger charge is -2.33. The molecule has 0 aliphatic carbocycles. The first-order valence-electron chi connectivity index (χ1n) is 13.4. The van der Waals surface area contributed by atoms with Crippen LogP contribution in [0.2, 0.25) is 19.1 Å². The molecule has 0 radical (unpaired) electrons. The molecule has 0 saturated carbocycles. The van der Waals surface area contributed by atoms with Gasteiger partial charge in [0.15, 0.2) is 0 Å². The predicted molar refractivity (Wildman–Crippen MR) is 153 cm³/mol. The van der Waals surface area contributed by atoms with Crippen LogP contribution in [0.1, 0.15) is 44.5 Å². The first-order chi connectivity index (χ1) is 18.0. The summed E-state index contributed by atoms with van der Waals surface area (Å²) >= 11 is 0. The van der Waals surface area contributed by atoms with Crippen LogP contribution in [0.4, 0.5) is 13.6 Å². The van der Waals surface area contributed by atoms with E-state index in [-0.39, 0.29) is 23.1 Å². The number of amides is 1. The zero-order valence-electron chi connectivity index (χ0n) is 23.2. The summed E-state index contributed by atoms with van der Waals surface area (Å²) in [6, 6.07) is 16.5. The highest BCUT2D eigenvalue weighted by Gasteiger charge is 2.29. The van der Waals surface area contributed by atoms with Crippen LogP contribution in [0.5, 0.6) is 0 Å². The number of hydrogen-bond donors (Lipinski definition) is 2. The van der Waals surface area contributed by atoms with Crippen LogP contribution in [0.25, 0.3) is 11.1 Å². The number of ether oxygens (including phenoxy) is 1. The van der Waals surface area contributed by atoms with Crippen molar-refractivity contribution in [2.45, 2.75) is 58.9 Å². The number of nitrogens with one attached hydrogen (secondary N) is 2. The highest BCUT2D eigenvalue weighted by Crippen LogP contribution is 2.37. The van der Waals surface area contributed by atoms with Crippen molar-refractivity contribution in [3.05, 3.63) is 83.7 Å². The van der Waals surface area contributed by atoms with Gasteiger partial charge in [-0.2, -0.15) is 0 Å². The largest absolute Gasteiger partial charge is 0.450 e. The third-order valence-electron chi connectivity index (χ3n) is 6.43. The Hall–Kier alpha value is -2.97. The van der Waals surface area contributed by atoms with Gasteiger partial charge in [0.2, 0.25) is 0 Å². The second kappa shape index (κ2) is 13.7.